The molecule has 0 aromatic carbocycles. The van der Waals surface area contributed by atoms with Crippen molar-refractivity contribution < 1.29 is 9.53 Å². The lowest BCUT2D eigenvalue weighted by atomic mass is 10.3. The van der Waals surface area contributed by atoms with E-state index in [0.29, 0.717) is 5.96 Å². The van der Waals surface area contributed by atoms with E-state index in [-0.39, 0.29) is 0 Å². The summed E-state index contributed by atoms with van der Waals surface area (Å²) in [6.45, 7) is 5.48. The highest BCUT2D eigenvalue weighted by molar-refractivity contribution is 5.88. The zero-order valence-corrected chi connectivity index (χ0v) is 15.3. The SMILES string of the molecule is C=CC(/C=C/N=C(\N(C)C=O)N(C)CCCN(C)C)=C\N=C\OC. The van der Waals surface area contributed by atoms with E-state index in [2.05, 4.69) is 21.5 Å². The Kier molecular flexibility index (Phi) is 11.8. The molecule has 0 aliphatic carbocycles. The van der Waals surface area contributed by atoms with Crippen molar-refractivity contribution in [3.05, 3.63) is 36.7 Å². The topological polar surface area (TPSA) is 60.7 Å². The minimum absolute atomic E-state index is 0.573. The van der Waals surface area contributed by atoms with Gasteiger partial charge >= 0.3 is 0 Å². The third kappa shape index (κ3) is 9.58. The van der Waals surface area contributed by atoms with Gasteiger partial charge in [-0.3, -0.25) is 9.69 Å². The molecule has 7 nitrogen and oxygen atoms in total. The third-order valence-electron chi connectivity index (χ3n) is 3.00. The van der Waals surface area contributed by atoms with Crippen LogP contribution in [0.15, 0.2) is 46.7 Å². The average Bonchev–Trinajstić information content (AvgIpc) is 2.56. The van der Waals surface area contributed by atoms with Crippen LogP contribution in [0.4, 0.5) is 0 Å². The van der Waals surface area contributed by atoms with Gasteiger partial charge in [0.25, 0.3) is 0 Å². The maximum absolute atomic E-state index is 11.1. The molecule has 0 aromatic rings. The van der Waals surface area contributed by atoms with Crippen molar-refractivity contribution in [2.45, 2.75) is 6.42 Å². The van der Waals surface area contributed by atoms with E-state index in [1.807, 2.05) is 26.0 Å². The molecule has 0 aliphatic heterocycles. The second-order valence-corrected chi connectivity index (χ2v) is 5.36. The molecule has 0 aromatic heterocycles. The molecule has 0 saturated carbocycles. The van der Waals surface area contributed by atoms with Crippen LogP contribution >= 0.6 is 0 Å². The summed E-state index contributed by atoms with van der Waals surface area (Å²) in [5, 5.41) is 0. The number of carbonyl (C=O) groups excluding carboxylic acids is 1. The molecule has 7 heteroatoms. The predicted molar refractivity (Wildman–Crippen MR) is 100.0 cm³/mol. The molecule has 0 spiro atoms. The Hall–Kier alpha value is -2.41. The number of methoxy groups -OCH3 is 1. The van der Waals surface area contributed by atoms with Crippen LogP contribution in [0.3, 0.4) is 0 Å². The molecule has 1 amide bonds. The summed E-state index contributed by atoms with van der Waals surface area (Å²) >= 11 is 0. The number of carbonyl (C=O) groups is 1. The first-order valence-electron chi connectivity index (χ1n) is 7.61. The Morgan fingerprint density at radius 1 is 1.21 bits per heavy atom. The van der Waals surface area contributed by atoms with Crippen molar-refractivity contribution in [1.29, 1.82) is 0 Å². The van der Waals surface area contributed by atoms with E-state index in [9.17, 15) is 4.79 Å². The van der Waals surface area contributed by atoms with Crippen LogP contribution in [0.2, 0.25) is 0 Å². The molecular formula is C17H29N5O2. The third-order valence-corrected chi connectivity index (χ3v) is 3.00. The first kappa shape index (κ1) is 21.6. The Labute approximate surface area is 145 Å². The van der Waals surface area contributed by atoms with Gasteiger partial charge in [0.1, 0.15) is 0 Å². The van der Waals surface area contributed by atoms with E-state index in [1.165, 1.54) is 18.4 Å². The maximum Gasteiger partial charge on any atom is 0.216 e. The van der Waals surface area contributed by atoms with E-state index in [1.54, 1.807) is 31.6 Å². The molecular weight excluding hydrogens is 306 g/mol. The van der Waals surface area contributed by atoms with Crippen molar-refractivity contribution in [2.75, 3.05) is 48.4 Å². The van der Waals surface area contributed by atoms with E-state index in [0.717, 1.165) is 31.5 Å². The molecule has 24 heavy (non-hydrogen) atoms. The number of guanidine groups is 1. The maximum atomic E-state index is 11.1. The fourth-order valence-electron chi connectivity index (χ4n) is 1.76. The average molecular weight is 335 g/mol. The first-order chi connectivity index (χ1) is 11.5. The van der Waals surface area contributed by atoms with Crippen molar-refractivity contribution in [3.63, 3.8) is 0 Å². The predicted octanol–water partition coefficient (Wildman–Crippen LogP) is 1.57. The van der Waals surface area contributed by atoms with Crippen molar-refractivity contribution in [3.8, 4) is 0 Å². The van der Waals surface area contributed by atoms with Gasteiger partial charge in [0.05, 0.1) is 7.11 Å². The van der Waals surface area contributed by atoms with Crippen LogP contribution in [0, 0.1) is 0 Å². The lowest BCUT2D eigenvalue weighted by molar-refractivity contribution is -0.114. The first-order valence-corrected chi connectivity index (χ1v) is 7.61. The van der Waals surface area contributed by atoms with E-state index < -0.39 is 0 Å². The summed E-state index contributed by atoms with van der Waals surface area (Å²) in [5.74, 6) is 0.573. The summed E-state index contributed by atoms with van der Waals surface area (Å²) in [6.07, 6.45) is 9.67. The van der Waals surface area contributed by atoms with Gasteiger partial charge < -0.3 is 14.5 Å². The number of nitrogens with zero attached hydrogens (tertiary/aromatic N) is 5. The van der Waals surface area contributed by atoms with Crippen LogP contribution in [0.25, 0.3) is 0 Å². The van der Waals surface area contributed by atoms with Crippen molar-refractivity contribution >= 4 is 18.8 Å². The molecule has 134 valence electrons. The van der Waals surface area contributed by atoms with Crippen LogP contribution < -0.4 is 0 Å². The highest BCUT2D eigenvalue weighted by Crippen LogP contribution is 2.01. The fourth-order valence-corrected chi connectivity index (χ4v) is 1.76. The largest absolute Gasteiger partial charge is 0.486 e. The Morgan fingerprint density at radius 2 is 1.92 bits per heavy atom. The highest BCUT2D eigenvalue weighted by Gasteiger charge is 2.10. The normalized spacial score (nSPS) is 12.9. The molecule has 0 aliphatic rings. The van der Waals surface area contributed by atoms with E-state index >= 15 is 0 Å². The number of rotatable bonds is 10. The van der Waals surface area contributed by atoms with Gasteiger partial charge in [-0.05, 0) is 38.7 Å². The number of allylic oxidation sites excluding steroid dienone is 3. The lowest BCUT2D eigenvalue weighted by Gasteiger charge is -2.25. The fraction of sp³-hybridized carbons (Fsp3) is 0.471. The molecule has 0 bridgehead atoms. The van der Waals surface area contributed by atoms with Gasteiger partial charge in [-0.1, -0.05) is 12.7 Å². The minimum atomic E-state index is 0.573. The standard InChI is InChI=1S/C17H29N5O2/c1-7-16(13-18-14-24-6)9-10-19-17(22(5)15-23)21(4)12-8-11-20(2)3/h7,9-10,13-15H,1,8,11-12H2,2-6H3/b10-9+,16-13+,18-14+,19-17-. The van der Waals surface area contributed by atoms with E-state index in [4.69, 9.17) is 4.74 Å². The number of hydrogen-bond donors (Lipinski definition) is 0. The number of aliphatic imine (C=N–C) groups is 2. The smallest absolute Gasteiger partial charge is 0.216 e. The molecule has 0 heterocycles. The lowest BCUT2D eigenvalue weighted by Crippen LogP contribution is -2.40. The minimum Gasteiger partial charge on any atom is -0.486 e. The molecule has 0 rings (SSSR count). The summed E-state index contributed by atoms with van der Waals surface area (Å²) in [6, 6.07) is 0. The molecule has 0 atom stereocenters. The van der Waals surface area contributed by atoms with Crippen LogP contribution in [-0.2, 0) is 9.53 Å². The van der Waals surface area contributed by atoms with Crippen molar-refractivity contribution in [2.24, 2.45) is 9.98 Å². The van der Waals surface area contributed by atoms with Gasteiger partial charge in [0, 0.05) is 33.0 Å². The second kappa shape index (κ2) is 13.1. The number of hydrogen-bond acceptors (Lipinski definition) is 5. The van der Waals surface area contributed by atoms with Gasteiger partial charge in [-0.25, -0.2) is 9.98 Å². The molecule has 0 N–H and O–H groups in total. The summed E-state index contributed by atoms with van der Waals surface area (Å²) < 4.78 is 4.73. The molecule has 0 radical (unpaired) electrons. The Bertz CT molecular complexity index is 495. The summed E-state index contributed by atoms with van der Waals surface area (Å²) in [7, 11) is 9.18. The van der Waals surface area contributed by atoms with Gasteiger partial charge in [-0.2, -0.15) is 0 Å². The summed E-state index contributed by atoms with van der Waals surface area (Å²) in [4.78, 5) is 24.9. The summed E-state index contributed by atoms with van der Waals surface area (Å²) in [5.41, 5.74) is 0.774. The quantitative estimate of drug-likeness (QED) is 0.263. The van der Waals surface area contributed by atoms with Crippen LogP contribution in [-0.4, -0.2) is 81.9 Å². The number of ether oxygens (including phenoxy) is 1. The molecule has 0 unspecified atom stereocenters. The molecule has 0 saturated heterocycles. The number of amides is 1. The van der Waals surface area contributed by atoms with Crippen molar-refractivity contribution in [1.82, 2.24) is 14.7 Å². The monoisotopic (exact) mass is 335 g/mol. The van der Waals surface area contributed by atoms with Crippen LogP contribution in [0.1, 0.15) is 6.42 Å². The van der Waals surface area contributed by atoms with Gasteiger partial charge in [-0.15, -0.1) is 0 Å². The zero-order valence-electron chi connectivity index (χ0n) is 15.3. The Morgan fingerprint density at radius 3 is 2.46 bits per heavy atom. The van der Waals surface area contributed by atoms with Gasteiger partial charge in [0.2, 0.25) is 12.4 Å². The Balaban J connectivity index is 5.02. The van der Waals surface area contributed by atoms with Crippen LogP contribution in [0.5, 0.6) is 0 Å². The highest BCUT2D eigenvalue weighted by atomic mass is 16.5. The second-order valence-electron chi connectivity index (χ2n) is 5.36. The van der Waals surface area contributed by atoms with Gasteiger partial charge in [0.15, 0.2) is 6.40 Å². The zero-order chi connectivity index (χ0) is 18.4. The molecule has 0 fully saturated rings.